The molecule has 0 unspecified atom stereocenters. The number of rotatable bonds is 6. The quantitative estimate of drug-likeness (QED) is 0.287. The SMILES string of the molecule is Cc1nc2c(C(N)=O)cccn2c1-c1nc(NCc2ccccc2)c2cccc(B(O)O)c2n1. The van der Waals surface area contributed by atoms with E-state index in [1.54, 1.807) is 41.8 Å². The van der Waals surface area contributed by atoms with Crippen LogP contribution in [0.5, 0.6) is 0 Å². The zero-order valence-electron chi connectivity index (χ0n) is 18.3. The largest absolute Gasteiger partial charge is 0.490 e. The molecular formula is C24H21BN6O3. The third-order valence-corrected chi connectivity index (χ3v) is 5.64. The van der Waals surface area contributed by atoms with E-state index in [4.69, 9.17) is 15.7 Å². The Hall–Kier alpha value is -4.28. The van der Waals surface area contributed by atoms with Crippen LogP contribution in [-0.4, -0.2) is 42.4 Å². The molecule has 0 radical (unpaired) electrons. The van der Waals surface area contributed by atoms with Crippen molar-refractivity contribution in [3.8, 4) is 11.5 Å². The fourth-order valence-electron chi connectivity index (χ4n) is 4.05. The number of para-hydroxylation sites is 1. The van der Waals surface area contributed by atoms with Gasteiger partial charge in [-0.05, 0) is 30.7 Å². The van der Waals surface area contributed by atoms with Gasteiger partial charge in [0.25, 0.3) is 5.91 Å². The van der Waals surface area contributed by atoms with E-state index in [2.05, 4.69) is 10.3 Å². The molecule has 3 aromatic heterocycles. The van der Waals surface area contributed by atoms with E-state index in [1.807, 2.05) is 36.4 Å². The summed E-state index contributed by atoms with van der Waals surface area (Å²) in [5.41, 5.74) is 9.12. The first-order valence-electron chi connectivity index (χ1n) is 10.7. The lowest BCUT2D eigenvalue weighted by Gasteiger charge is -2.14. The van der Waals surface area contributed by atoms with Crippen LogP contribution in [0.15, 0.2) is 66.9 Å². The summed E-state index contributed by atoms with van der Waals surface area (Å²) in [4.78, 5) is 25.9. The first-order valence-corrected chi connectivity index (χ1v) is 10.7. The fraction of sp³-hybridized carbons (Fsp3) is 0.0833. The Bertz CT molecular complexity index is 1530. The summed E-state index contributed by atoms with van der Waals surface area (Å²) in [5, 5.41) is 23.9. The number of anilines is 1. The molecule has 1 amide bonds. The number of amides is 1. The molecule has 0 atom stereocenters. The van der Waals surface area contributed by atoms with E-state index in [9.17, 15) is 14.8 Å². The van der Waals surface area contributed by atoms with E-state index < -0.39 is 13.0 Å². The molecule has 0 aliphatic rings. The Kier molecular flexibility index (Phi) is 5.44. The van der Waals surface area contributed by atoms with Crippen LogP contribution in [-0.2, 0) is 6.54 Å². The lowest BCUT2D eigenvalue weighted by Crippen LogP contribution is -2.31. The number of aryl methyl sites for hydroxylation is 1. The number of nitrogens with two attached hydrogens (primary N) is 1. The van der Waals surface area contributed by atoms with Gasteiger partial charge in [-0.1, -0.05) is 42.5 Å². The molecular weight excluding hydrogens is 431 g/mol. The van der Waals surface area contributed by atoms with E-state index in [-0.39, 0.29) is 11.0 Å². The van der Waals surface area contributed by atoms with Crippen LogP contribution in [0, 0.1) is 6.92 Å². The lowest BCUT2D eigenvalue weighted by atomic mass is 9.79. The van der Waals surface area contributed by atoms with Crippen LogP contribution in [0.3, 0.4) is 0 Å². The Morgan fingerprint density at radius 2 is 1.82 bits per heavy atom. The van der Waals surface area contributed by atoms with Crippen molar-refractivity contribution in [2.24, 2.45) is 5.73 Å². The minimum Gasteiger partial charge on any atom is -0.423 e. The molecule has 0 aliphatic heterocycles. The number of carbonyl (C=O) groups is 1. The second kappa shape index (κ2) is 8.58. The molecule has 3 heterocycles. The molecule has 0 fully saturated rings. The number of fused-ring (bicyclic) bond motifs is 2. The molecule has 168 valence electrons. The highest BCUT2D eigenvalue weighted by Crippen LogP contribution is 2.28. The highest BCUT2D eigenvalue weighted by atomic mass is 16.4. The van der Waals surface area contributed by atoms with Gasteiger partial charge in [0.05, 0.1) is 16.8 Å². The molecule has 9 nitrogen and oxygen atoms in total. The van der Waals surface area contributed by atoms with E-state index >= 15 is 0 Å². The minimum absolute atomic E-state index is 0.258. The van der Waals surface area contributed by atoms with Gasteiger partial charge in [-0.15, -0.1) is 0 Å². The van der Waals surface area contributed by atoms with Crippen LogP contribution in [0.25, 0.3) is 28.1 Å². The number of nitrogens with zero attached hydrogens (tertiary/aromatic N) is 4. The van der Waals surface area contributed by atoms with Crippen molar-refractivity contribution < 1.29 is 14.8 Å². The Labute approximate surface area is 195 Å². The molecule has 5 aromatic rings. The molecule has 2 aromatic carbocycles. The van der Waals surface area contributed by atoms with Gasteiger partial charge in [0, 0.05) is 23.6 Å². The van der Waals surface area contributed by atoms with E-state index in [1.165, 1.54) is 0 Å². The highest BCUT2D eigenvalue weighted by Gasteiger charge is 2.22. The fourth-order valence-corrected chi connectivity index (χ4v) is 4.05. The molecule has 0 bridgehead atoms. The molecule has 34 heavy (non-hydrogen) atoms. The van der Waals surface area contributed by atoms with Crippen molar-refractivity contribution in [2.75, 3.05) is 5.32 Å². The van der Waals surface area contributed by atoms with Crippen molar-refractivity contribution in [1.29, 1.82) is 0 Å². The van der Waals surface area contributed by atoms with Crippen molar-refractivity contribution in [3.05, 3.63) is 83.7 Å². The third kappa shape index (κ3) is 3.74. The maximum absolute atomic E-state index is 11.9. The monoisotopic (exact) mass is 452 g/mol. The number of carbonyl (C=O) groups excluding carboxylic acids is 1. The molecule has 0 aliphatic carbocycles. The van der Waals surface area contributed by atoms with E-state index in [0.29, 0.717) is 46.1 Å². The van der Waals surface area contributed by atoms with Gasteiger partial charge in [-0.3, -0.25) is 9.20 Å². The summed E-state index contributed by atoms with van der Waals surface area (Å²) in [7, 11) is -1.71. The molecule has 0 saturated carbocycles. The Morgan fingerprint density at radius 3 is 2.56 bits per heavy atom. The first kappa shape index (κ1) is 21.6. The lowest BCUT2D eigenvalue weighted by molar-refractivity contribution is 0.100. The summed E-state index contributed by atoms with van der Waals surface area (Å²) < 4.78 is 1.72. The smallest absolute Gasteiger partial charge is 0.423 e. The van der Waals surface area contributed by atoms with Gasteiger partial charge >= 0.3 is 7.12 Å². The second-order valence-electron chi connectivity index (χ2n) is 7.88. The van der Waals surface area contributed by atoms with Gasteiger partial charge in [0.2, 0.25) is 0 Å². The van der Waals surface area contributed by atoms with E-state index in [0.717, 1.165) is 5.56 Å². The maximum atomic E-state index is 11.9. The number of pyridine rings is 1. The molecule has 0 spiro atoms. The van der Waals surface area contributed by atoms with Crippen LogP contribution >= 0.6 is 0 Å². The van der Waals surface area contributed by atoms with Crippen molar-refractivity contribution in [3.63, 3.8) is 0 Å². The number of benzene rings is 2. The summed E-state index contributed by atoms with van der Waals surface area (Å²) in [6, 6.07) is 18.3. The predicted molar refractivity (Wildman–Crippen MR) is 131 cm³/mol. The molecule has 0 saturated heterocycles. The molecule has 10 heteroatoms. The Morgan fingerprint density at radius 1 is 1.03 bits per heavy atom. The number of aromatic nitrogens is 4. The molecule has 5 N–H and O–H groups in total. The van der Waals surface area contributed by atoms with Gasteiger partial charge in [0.15, 0.2) is 5.82 Å². The summed E-state index contributed by atoms with van der Waals surface area (Å²) in [5.74, 6) is 0.270. The standard InChI is InChI=1S/C24H21BN6O3/c1-14-20(31-12-6-10-17(21(26)32)24(31)28-14)23-29-19-16(9-5-11-18(19)25(33)34)22(30-23)27-13-15-7-3-2-4-8-15/h2-12,33-34H,13H2,1H3,(H2,26,32)(H,27,29,30). The maximum Gasteiger partial charge on any atom is 0.490 e. The average Bonchev–Trinajstić information content (AvgIpc) is 3.18. The van der Waals surface area contributed by atoms with Crippen LogP contribution < -0.4 is 16.5 Å². The zero-order chi connectivity index (χ0) is 23.8. The normalized spacial score (nSPS) is 11.1. The second-order valence-corrected chi connectivity index (χ2v) is 7.88. The number of nitrogens with one attached hydrogen (secondary N) is 1. The van der Waals surface area contributed by atoms with Gasteiger partial charge in [-0.25, -0.2) is 15.0 Å². The van der Waals surface area contributed by atoms with Crippen LogP contribution in [0.1, 0.15) is 21.6 Å². The first-order chi connectivity index (χ1) is 16.4. The predicted octanol–water partition coefficient (Wildman–Crippen LogP) is 1.64. The van der Waals surface area contributed by atoms with Crippen molar-refractivity contribution >= 4 is 40.9 Å². The highest BCUT2D eigenvalue weighted by molar-refractivity contribution is 6.61. The Balaban J connectivity index is 1.73. The van der Waals surface area contributed by atoms with Crippen LogP contribution in [0.4, 0.5) is 5.82 Å². The average molecular weight is 452 g/mol. The minimum atomic E-state index is -1.71. The third-order valence-electron chi connectivity index (χ3n) is 5.64. The van der Waals surface area contributed by atoms with Gasteiger partial charge < -0.3 is 21.1 Å². The number of primary amides is 1. The zero-order valence-corrected chi connectivity index (χ0v) is 18.3. The topological polar surface area (TPSA) is 139 Å². The molecule has 5 rings (SSSR count). The van der Waals surface area contributed by atoms with Gasteiger partial charge in [0.1, 0.15) is 17.2 Å². The number of hydrogen-bond donors (Lipinski definition) is 4. The summed E-state index contributed by atoms with van der Waals surface area (Å²) in [6.07, 6.45) is 1.76. The van der Waals surface area contributed by atoms with Crippen molar-refractivity contribution in [1.82, 2.24) is 19.4 Å². The number of imidazole rings is 1. The summed E-state index contributed by atoms with van der Waals surface area (Å²) in [6.45, 7) is 2.31. The number of hydrogen-bond acceptors (Lipinski definition) is 7. The van der Waals surface area contributed by atoms with Crippen molar-refractivity contribution in [2.45, 2.75) is 13.5 Å². The van der Waals surface area contributed by atoms with Crippen LogP contribution in [0.2, 0.25) is 0 Å². The summed E-state index contributed by atoms with van der Waals surface area (Å²) >= 11 is 0. The van der Waals surface area contributed by atoms with Gasteiger partial charge in [-0.2, -0.15) is 0 Å².